The molecule has 0 heteroatoms. The van der Waals surface area contributed by atoms with E-state index in [1.54, 1.807) is 11.1 Å². The van der Waals surface area contributed by atoms with E-state index in [-0.39, 0.29) is 0 Å². The monoisotopic (exact) mass is 254 g/mol. The Labute approximate surface area is 117 Å². The zero-order valence-electron chi connectivity index (χ0n) is 12.1. The summed E-state index contributed by atoms with van der Waals surface area (Å²) in [5.41, 5.74) is 3.37. The van der Waals surface area contributed by atoms with Crippen LogP contribution in [-0.2, 0) is 0 Å². The molecule has 1 aromatic carbocycles. The lowest BCUT2D eigenvalue weighted by molar-refractivity contribution is 0.553. The highest BCUT2D eigenvalue weighted by Crippen LogP contribution is 2.53. The zero-order valence-corrected chi connectivity index (χ0v) is 12.1. The molecule has 102 valence electrons. The van der Waals surface area contributed by atoms with Gasteiger partial charge < -0.3 is 0 Å². The maximum absolute atomic E-state index is 2.64. The van der Waals surface area contributed by atoms with Gasteiger partial charge in [-0.3, -0.25) is 0 Å². The van der Waals surface area contributed by atoms with Crippen LogP contribution in [0.25, 0.3) is 0 Å². The molecule has 3 atom stereocenters. The Morgan fingerprint density at radius 1 is 1.00 bits per heavy atom. The van der Waals surface area contributed by atoms with Gasteiger partial charge in [0.1, 0.15) is 0 Å². The van der Waals surface area contributed by atoms with Crippen molar-refractivity contribution in [3.05, 3.63) is 47.5 Å². The minimum atomic E-state index is 0.811. The molecule has 2 bridgehead atoms. The second kappa shape index (κ2) is 5.94. The van der Waals surface area contributed by atoms with Crippen molar-refractivity contribution in [2.75, 3.05) is 0 Å². The molecule has 1 fully saturated rings. The van der Waals surface area contributed by atoms with Crippen molar-refractivity contribution in [2.24, 2.45) is 11.8 Å². The summed E-state index contributed by atoms with van der Waals surface area (Å²) in [6.45, 7) is 2.29. The lowest BCUT2D eigenvalue weighted by atomic mass is 9.83. The quantitative estimate of drug-likeness (QED) is 0.451. The molecule has 0 radical (unpaired) electrons. The van der Waals surface area contributed by atoms with Gasteiger partial charge >= 0.3 is 0 Å². The van der Waals surface area contributed by atoms with Crippen LogP contribution >= 0.6 is 0 Å². The van der Waals surface area contributed by atoms with Crippen LogP contribution in [0.1, 0.15) is 63.4 Å². The van der Waals surface area contributed by atoms with Crippen molar-refractivity contribution in [2.45, 2.75) is 57.8 Å². The van der Waals surface area contributed by atoms with Crippen LogP contribution < -0.4 is 0 Å². The SMILES string of the molecule is CCCCCCC1=C[C@H]2C[C@@H]1C[C@@H]2c1ccccc1. The van der Waals surface area contributed by atoms with Gasteiger partial charge in [0.2, 0.25) is 0 Å². The van der Waals surface area contributed by atoms with E-state index in [0.29, 0.717) is 0 Å². The molecule has 0 heterocycles. The second-order valence-corrected chi connectivity index (χ2v) is 6.40. The summed E-state index contributed by atoms with van der Waals surface area (Å²) in [6, 6.07) is 11.2. The Balaban J connectivity index is 1.58. The van der Waals surface area contributed by atoms with Crippen LogP contribution in [0.15, 0.2) is 42.0 Å². The molecular weight excluding hydrogens is 228 g/mol. The van der Waals surface area contributed by atoms with Crippen LogP contribution in [0.4, 0.5) is 0 Å². The van der Waals surface area contributed by atoms with Crippen molar-refractivity contribution in [1.29, 1.82) is 0 Å². The smallest absolute Gasteiger partial charge is 0.00930 e. The zero-order chi connectivity index (χ0) is 13.1. The number of rotatable bonds is 6. The van der Waals surface area contributed by atoms with E-state index < -0.39 is 0 Å². The molecule has 0 saturated heterocycles. The summed E-state index contributed by atoms with van der Waals surface area (Å²) < 4.78 is 0. The summed E-state index contributed by atoms with van der Waals surface area (Å²) in [6.07, 6.45) is 12.5. The number of hydrogen-bond acceptors (Lipinski definition) is 0. The first kappa shape index (κ1) is 13.0. The normalized spacial score (nSPS) is 28.7. The Morgan fingerprint density at radius 2 is 1.84 bits per heavy atom. The van der Waals surface area contributed by atoms with E-state index in [0.717, 1.165) is 17.8 Å². The van der Waals surface area contributed by atoms with Crippen molar-refractivity contribution in [3.8, 4) is 0 Å². The first-order valence-corrected chi connectivity index (χ1v) is 8.14. The van der Waals surface area contributed by atoms with Crippen molar-refractivity contribution >= 4 is 0 Å². The molecule has 0 amide bonds. The summed E-state index contributed by atoms with van der Waals surface area (Å²) in [5.74, 6) is 2.57. The van der Waals surface area contributed by atoms with E-state index >= 15 is 0 Å². The molecular formula is C19H26. The average molecular weight is 254 g/mol. The highest BCUT2D eigenvalue weighted by atomic mass is 14.4. The van der Waals surface area contributed by atoms with Gasteiger partial charge in [0.15, 0.2) is 0 Å². The Hall–Kier alpha value is -1.04. The molecule has 0 spiro atoms. The third kappa shape index (κ3) is 2.78. The summed E-state index contributed by atoms with van der Waals surface area (Å²) in [4.78, 5) is 0. The third-order valence-corrected chi connectivity index (χ3v) is 5.11. The number of allylic oxidation sites excluding steroid dienone is 2. The summed E-state index contributed by atoms with van der Waals surface area (Å²) in [7, 11) is 0. The van der Waals surface area contributed by atoms with Gasteiger partial charge in [-0.1, -0.05) is 68.2 Å². The Kier molecular flexibility index (Phi) is 4.06. The minimum absolute atomic E-state index is 0.811. The van der Waals surface area contributed by atoms with E-state index in [4.69, 9.17) is 0 Å². The largest absolute Gasteiger partial charge is 0.0813 e. The van der Waals surface area contributed by atoms with Gasteiger partial charge in [-0.15, -0.1) is 0 Å². The number of benzene rings is 1. The van der Waals surface area contributed by atoms with Crippen molar-refractivity contribution in [1.82, 2.24) is 0 Å². The fraction of sp³-hybridized carbons (Fsp3) is 0.579. The number of fused-ring (bicyclic) bond motifs is 2. The highest BCUT2D eigenvalue weighted by molar-refractivity contribution is 5.31. The molecule has 0 nitrogen and oxygen atoms in total. The van der Waals surface area contributed by atoms with Gasteiger partial charge in [-0.05, 0) is 49.0 Å². The van der Waals surface area contributed by atoms with E-state index in [2.05, 4.69) is 43.3 Å². The maximum Gasteiger partial charge on any atom is -0.00930 e. The molecule has 0 aromatic heterocycles. The fourth-order valence-electron chi connectivity index (χ4n) is 4.10. The second-order valence-electron chi connectivity index (χ2n) is 6.40. The summed E-state index contributed by atoms with van der Waals surface area (Å²) in [5, 5.41) is 0. The predicted octanol–water partition coefficient (Wildman–Crippen LogP) is 5.71. The van der Waals surface area contributed by atoms with E-state index in [1.165, 1.54) is 44.9 Å². The first-order valence-electron chi connectivity index (χ1n) is 8.14. The minimum Gasteiger partial charge on any atom is -0.0813 e. The van der Waals surface area contributed by atoms with Crippen molar-refractivity contribution < 1.29 is 0 Å². The Bertz CT molecular complexity index is 429. The fourth-order valence-corrected chi connectivity index (χ4v) is 4.10. The molecule has 19 heavy (non-hydrogen) atoms. The molecule has 0 aliphatic heterocycles. The van der Waals surface area contributed by atoms with Gasteiger partial charge in [-0.25, -0.2) is 0 Å². The molecule has 2 aliphatic rings. The summed E-state index contributed by atoms with van der Waals surface area (Å²) >= 11 is 0. The number of hydrogen-bond donors (Lipinski definition) is 0. The topological polar surface area (TPSA) is 0 Å². The molecule has 1 aromatic rings. The molecule has 3 rings (SSSR count). The van der Waals surface area contributed by atoms with Crippen LogP contribution in [0.5, 0.6) is 0 Å². The molecule has 2 aliphatic carbocycles. The lowest BCUT2D eigenvalue weighted by Crippen LogP contribution is -2.07. The molecule has 0 unspecified atom stereocenters. The van der Waals surface area contributed by atoms with Crippen molar-refractivity contribution in [3.63, 3.8) is 0 Å². The van der Waals surface area contributed by atoms with Gasteiger partial charge in [0, 0.05) is 0 Å². The lowest BCUT2D eigenvalue weighted by Gasteiger charge is -2.22. The van der Waals surface area contributed by atoms with Gasteiger partial charge in [0.25, 0.3) is 0 Å². The number of unbranched alkanes of at least 4 members (excludes halogenated alkanes) is 3. The average Bonchev–Trinajstić information content (AvgIpc) is 3.04. The van der Waals surface area contributed by atoms with Crippen LogP contribution in [0, 0.1) is 11.8 Å². The van der Waals surface area contributed by atoms with E-state index in [1.807, 2.05) is 0 Å². The maximum atomic E-state index is 2.64. The third-order valence-electron chi connectivity index (χ3n) is 5.11. The van der Waals surface area contributed by atoms with E-state index in [9.17, 15) is 0 Å². The molecule has 1 saturated carbocycles. The van der Waals surface area contributed by atoms with Gasteiger partial charge in [0.05, 0.1) is 0 Å². The Morgan fingerprint density at radius 3 is 2.53 bits per heavy atom. The van der Waals surface area contributed by atoms with Crippen LogP contribution in [-0.4, -0.2) is 0 Å². The van der Waals surface area contributed by atoms with Crippen LogP contribution in [0.2, 0.25) is 0 Å². The standard InChI is InChI=1S/C19H26/c1-2-3-4-6-11-16-12-18-13-17(16)14-19(18)15-9-7-5-8-10-15/h5,7-10,12,17-19H,2-4,6,11,13-14H2,1H3/t17-,18+,19-/m1/s1. The van der Waals surface area contributed by atoms with Crippen LogP contribution in [0.3, 0.4) is 0 Å². The first-order chi connectivity index (χ1) is 9.38. The van der Waals surface area contributed by atoms with Gasteiger partial charge in [-0.2, -0.15) is 0 Å². The predicted molar refractivity (Wildman–Crippen MR) is 82.2 cm³/mol. The highest BCUT2D eigenvalue weighted by Gasteiger charge is 2.40. The molecule has 0 N–H and O–H groups in total.